The van der Waals surface area contributed by atoms with Gasteiger partial charge in [0, 0.05) is 16.6 Å². The van der Waals surface area contributed by atoms with Crippen molar-refractivity contribution < 1.29 is 4.74 Å². The fourth-order valence-electron chi connectivity index (χ4n) is 3.43. The van der Waals surface area contributed by atoms with Gasteiger partial charge in [-0.3, -0.25) is 0 Å². The third-order valence-electron chi connectivity index (χ3n) is 4.81. The Bertz CT molecular complexity index is 1310. The van der Waals surface area contributed by atoms with E-state index in [0.29, 0.717) is 11.2 Å². The van der Waals surface area contributed by atoms with Gasteiger partial charge >= 0.3 is 0 Å². The van der Waals surface area contributed by atoms with Crippen molar-refractivity contribution in [3.8, 4) is 22.7 Å². The Morgan fingerprint density at radius 2 is 1.61 bits per heavy atom. The minimum Gasteiger partial charge on any atom is -0.496 e. The molecule has 0 atom stereocenters. The van der Waals surface area contributed by atoms with Gasteiger partial charge in [-0.15, -0.1) is 5.10 Å². The molecule has 0 fully saturated rings. The van der Waals surface area contributed by atoms with E-state index in [0.717, 1.165) is 39.3 Å². The number of benzene rings is 2. The molecule has 5 rings (SSSR count). The molecule has 2 aromatic carbocycles. The molecule has 6 heteroatoms. The number of aromatic nitrogens is 5. The van der Waals surface area contributed by atoms with Crippen LogP contribution in [0.15, 0.2) is 66.7 Å². The fraction of sp³-hybridized carbons (Fsp3) is 0.0909. The maximum Gasteiger partial charge on any atom is 0.186 e. The van der Waals surface area contributed by atoms with Crippen molar-refractivity contribution >= 4 is 22.1 Å². The first kappa shape index (κ1) is 16.4. The molecule has 5 aromatic rings. The van der Waals surface area contributed by atoms with Gasteiger partial charge in [-0.2, -0.15) is 4.68 Å². The molecule has 0 aliphatic carbocycles. The zero-order chi connectivity index (χ0) is 19.1. The van der Waals surface area contributed by atoms with E-state index in [4.69, 9.17) is 14.7 Å². The molecule has 6 nitrogen and oxygen atoms in total. The summed E-state index contributed by atoms with van der Waals surface area (Å²) in [5.74, 6) is 0.782. The van der Waals surface area contributed by atoms with Crippen LogP contribution in [0, 0.1) is 6.92 Å². The average molecular weight is 367 g/mol. The second-order valence-corrected chi connectivity index (χ2v) is 6.50. The van der Waals surface area contributed by atoms with Crippen molar-refractivity contribution in [3.05, 3.63) is 72.4 Å². The number of hydrogen-bond acceptors (Lipinski definition) is 5. The van der Waals surface area contributed by atoms with Crippen LogP contribution in [0.4, 0.5) is 0 Å². The molecule has 0 spiro atoms. The van der Waals surface area contributed by atoms with Crippen molar-refractivity contribution in [1.82, 2.24) is 25.0 Å². The van der Waals surface area contributed by atoms with Crippen LogP contribution in [0.5, 0.6) is 5.75 Å². The number of rotatable bonds is 3. The van der Waals surface area contributed by atoms with Gasteiger partial charge in [-0.25, -0.2) is 9.97 Å². The van der Waals surface area contributed by atoms with E-state index in [-0.39, 0.29) is 0 Å². The first-order chi connectivity index (χ1) is 13.8. The molecule has 0 bridgehead atoms. The molecular weight excluding hydrogens is 350 g/mol. The summed E-state index contributed by atoms with van der Waals surface area (Å²) in [5, 5.41) is 9.69. The Labute approximate surface area is 161 Å². The standard InChI is InChI=1S/C22H17N5O/c1-14-16-12-13-18(17-10-6-7-11-19(17)28-2)24-20(16)21-22(23-14)27(26-25-21)15-8-4-3-5-9-15/h3-13H,1-2H3. The van der Waals surface area contributed by atoms with Crippen LogP contribution in [0.2, 0.25) is 0 Å². The van der Waals surface area contributed by atoms with Crippen LogP contribution < -0.4 is 4.74 Å². The molecule has 0 radical (unpaired) electrons. The number of aryl methyl sites for hydroxylation is 1. The third-order valence-corrected chi connectivity index (χ3v) is 4.81. The van der Waals surface area contributed by atoms with E-state index in [2.05, 4.69) is 10.3 Å². The third kappa shape index (κ3) is 2.50. The molecule has 0 saturated carbocycles. The molecule has 3 aromatic heterocycles. The molecule has 0 saturated heterocycles. The SMILES string of the molecule is COc1ccccc1-c1ccc2c(C)nc3c(nnn3-c3ccccc3)c2n1. The summed E-state index contributed by atoms with van der Waals surface area (Å²) < 4.78 is 7.25. The lowest BCUT2D eigenvalue weighted by Gasteiger charge is -2.09. The van der Waals surface area contributed by atoms with Gasteiger partial charge in [0.25, 0.3) is 0 Å². The predicted molar refractivity (Wildman–Crippen MR) is 109 cm³/mol. The summed E-state index contributed by atoms with van der Waals surface area (Å²) in [6.07, 6.45) is 0. The van der Waals surface area contributed by atoms with Gasteiger partial charge in [-0.1, -0.05) is 35.5 Å². The lowest BCUT2D eigenvalue weighted by atomic mass is 10.1. The van der Waals surface area contributed by atoms with E-state index in [1.165, 1.54) is 0 Å². The Morgan fingerprint density at radius 1 is 0.821 bits per heavy atom. The number of para-hydroxylation sites is 2. The molecular formula is C22H17N5O. The zero-order valence-corrected chi connectivity index (χ0v) is 15.5. The Morgan fingerprint density at radius 3 is 2.43 bits per heavy atom. The number of fused-ring (bicyclic) bond motifs is 3. The van der Waals surface area contributed by atoms with Crippen molar-refractivity contribution in [2.45, 2.75) is 6.92 Å². The fourth-order valence-corrected chi connectivity index (χ4v) is 3.43. The highest BCUT2D eigenvalue weighted by Gasteiger charge is 2.16. The van der Waals surface area contributed by atoms with Gasteiger partial charge < -0.3 is 4.74 Å². The molecule has 136 valence electrons. The summed E-state index contributed by atoms with van der Waals surface area (Å²) >= 11 is 0. The van der Waals surface area contributed by atoms with E-state index in [1.807, 2.05) is 73.7 Å². The quantitative estimate of drug-likeness (QED) is 0.474. The lowest BCUT2D eigenvalue weighted by molar-refractivity contribution is 0.416. The maximum atomic E-state index is 5.50. The number of ether oxygens (including phenoxy) is 1. The predicted octanol–water partition coefficient (Wildman–Crippen LogP) is 4.35. The van der Waals surface area contributed by atoms with Crippen LogP contribution in [-0.4, -0.2) is 32.1 Å². The monoisotopic (exact) mass is 367 g/mol. The Hall–Kier alpha value is -3.80. The highest BCUT2D eigenvalue weighted by molar-refractivity contribution is 6.01. The number of methoxy groups -OCH3 is 1. The minimum absolute atomic E-state index is 0.682. The summed E-state index contributed by atoms with van der Waals surface area (Å²) in [5.41, 5.74) is 5.73. The second-order valence-electron chi connectivity index (χ2n) is 6.50. The topological polar surface area (TPSA) is 65.7 Å². The number of nitrogens with zero attached hydrogens (tertiary/aromatic N) is 5. The summed E-state index contributed by atoms with van der Waals surface area (Å²) in [6, 6.07) is 21.7. The average Bonchev–Trinajstić information content (AvgIpc) is 3.18. The molecule has 0 amide bonds. The molecule has 0 aliphatic heterocycles. The van der Waals surface area contributed by atoms with Crippen LogP contribution in [-0.2, 0) is 0 Å². The molecule has 0 aliphatic rings. The maximum absolute atomic E-state index is 5.50. The van der Waals surface area contributed by atoms with Crippen LogP contribution >= 0.6 is 0 Å². The minimum atomic E-state index is 0.682. The van der Waals surface area contributed by atoms with Gasteiger partial charge in [0.15, 0.2) is 11.2 Å². The molecule has 0 N–H and O–H groups in total. The Balaban J connectivity index is 1.79. The van der Waals surface area contributed by atoms with Crippen molar-refractivity contribution in [3.63, 3.8) is 0 Å². The largest absolute Gasteiger partial charge is 0.496 e. The van der Waals surface area contributed by atoms with Crippen molar-refractivity contribution in [2.24, 2.45) is 0 Å². The van der Waals surface area contributed by atoms with Crippen LogP contribution in [0.25, 0.3) is 39.0 Å². The first-order valence-corrected chi connectivity index (χ1v) is 8.98. The van der Waals surface area contributed by atoms with Gasteiger partial charge in [0.1, 0.15) is 11.3 Å². The van der Waals surface area contributed by atoms with Crippen molar-refractivity contribution in [1.29, 1.82) is 0 Å². The van der Waals surface area contributed by atoms with Crippen LogP contribution in [0.3, 0.4) is 0 Å². The van der Waals surface area contributed by atoms with E-state index < -0.39 is 0 Å². The van der Waals surface area contributed by atoms with Crippen molar-refractivity contribution in [2.75, 3.05) is 7.11 Å². The van der Waals surface area contributed by atoms with Gasteiger partial charge in [0.05, 0.1) is 18.5 Å². The second kappa shape index (κ2) is 6.42. The Kier molecular flexibility index (Phi) is 3.76. The highest BCUT2D eigenvalue weighted by Crippen LogP contribution is 2.31. The lowest BCUT2D eigenvalue weighted by Crippen LogP contribution is -1.99. The van der Waals surface area contributed by atoms with Gasteiger partial charge in [-0.05, 0) is 43.3 Å². The van der Waals surface area contributed by atoms with E-state index >= 15 is 0 Å². The molecule has 0 unspecified atom stereocenters. The molecule has 28 heavy (non-hydrogen) atoms. The highest BCUT2D eigenvalue weighted by atomic mass is 16.5. The normalized spacial score (nSPS) is 11.2. The summed E-state index contributed by atoms with van der Waals surface area (Å²) in [6.45, 7) is 1.98. The zero-order valence-electron chi connectivity index (χ0n) is 15.5. The van der Waals surface area contributed by atoms with E-state index in [1.54, 1.807) is 11.8 Å². The number of pyridine rings is 2. The number of hydrogen-bond donors (Lipinski definition) is 0. The summed E-state index contributed by atoms with van der Waals surface area (Å²) in [4.78, 5) is 9.66. The van der Waals surface area contributed by atoms with Gasteiger partial charge in [0.2, 0.25) is 0 Å². The van der Waals surface area contributed by atoms with E-state index in [9.17, 15) is 0 Å². The van der Waals surface area contributed by atoms with Crippen LogP contribution in [0.1, 0.15) is 5.69 Å². The smallest absolute Gasteiger partial charge is 0.186 e. The first-order valence-electron chi connectivity index (χ1n) is 8.98. The summed E-state index contributed by atoms with van der Waals surface area (Å²) in [7, 11) is 1.66. The molecule has 3 heterocycles.